The second-order valence-electron chi connectivity index (χ2n) is 8.69. The van der Waals surface area contributed by atoms with Crippen molar-refractivity contribution in [3.63, 3.8) is 0 Å². The quantitative estimate of drug-likeness (QED) is 0.186. The van der Waals surface area contributed by atoms with Crippen molar-refractivity contribution in [3.8, 4) is 5.75 Å². The lowest BCUT2D eigenvalue weighted by Gasteiger charge is -2.33. The summed E-state index contributed by atoms with van der Waals surface area (Å²) < 4.78 is 5.33. The van der Waals surface area contributed by atoms with Crippen molar-refractivity contribution in [1.29, 1.82) is 0 Å². The number of hydrogen-bond acceptors (Lipinski definition) is 4. The number of carbonyl (C=O) groups is 2. The molecule has 0 aromatic heterocycles. The fourth-order valence-corrected chi connectivity index (χ4v) is 4.34. The predicted octanol–water partition coefficient (Wildman–Crippen LogP) is 3.41. The third-order valence-corrected chi connectivity index (χ3v) is 6.16. The first-order valence-electron chi connectivity index (χ1n) is 12.2. The van der Waals surface area contributed by atoms with Gasteiger partial charge in [-0.3, -0.25) is 9.79 Å². The summed E-state index contributed by atoms with van der Waals surface area (Å²) in [4.78, 5) is 32.2. The van der Waals surface area contributed by atoms with Gasteiger partial charge in [-0.05, 0) is 48.1 Å². The van der Waals surface area contributed by atoms with Gasteiger partial charge in [0.15, 0.2) is 5.96 Å². The van der Waals surface area contributed by atoms with Crippen LogP contribution in [0, 0.1) is 0 Å². The van der Waals surface area contributed by atoms with Gasteiger partial charge in [0.25, 0.3) is 0 Å². The predicted molar refractivity (Wildman–Crippen MR) is 144 cm³/mol. The van der Waals surface area contributed by atoms with Crippen LogP contribution in [-0.2, 0) is 16.0 Å². The fraction of sp³-hybridized carbons (Fsp3) is 0.276. The second kappa shape index (κ2) is 13.7. The van der Waals surface area contributed by atoms with E-state index < -0.39 is 17.9 Å². The van der Waals surface area contributed by atoms with E-state index in [4.69, 9.17) is 16.2 Å². The molecule has 0 bridgehead atoms. The van der Waals surface area contributed by atoms with Crippen molar-refractivity contribution < 1.29 is 19.4 Å². The number of rotatable bonds is 13. The van der Waals surface area contributed by atoms with Crippen LogP contribution in [-0.4, -0.2) is 54.1 Å². The summed E-state index contributed by atoms with van der Waals surface area (Å²) in [7, 11) is 1.59. The molecule has 37 heavy (non-hydrogen) atoms. The summed E-state index contributed by atoms with van der Waals surface area (Å²) in [6.07, 6.45) is 1.10. The Hall–Kier alpha value is -4.33. The lowest BCUT2D eigenvalue weighted by atomic mass is 9.89. The molecule has 8 heteroatoms. The Morgan fingerprint density at radius 1 is 0.946 bits per heavy atom. The minimum absolute atomic E-state index is 0.0500. The maximum Gasteiger partial charge on any atom is 0.326 e. The van der Waals surface area contributed by atoms with Gasteiger partial charge in [-0.1, -0.05) is 72.8 Å². The van der Waals surface area contributed by atoms with Gasteiger partial charge in [0.1, 0.15) is 11.8 Å². The van der Waals surface area contributed by atoms with Crippen molar-refractivity contribution in [2.75, 3.05) is 20.2 Å². The highest BCUT2D eigenvalue weighted by Crippen LogP contribution is 2.29. The summed E-state index contributed by atoms with van der Waals surface area (Å²) in [6.45, 7) is 0.506. The molecule has 0 fully saturated rings. The number of aliphatic carboxylic acids is 1. The smallest absolute Gasteiger partial charge is 0.326 e. The molecule has 3 aromatic carbocycles. The highest BCUT2D eigenvalue weighted by molar-refractivity contribution is 5.90. The molecule has 3 aromatic rings. The lowest BCUT2D eigenvalue weighted by molar-refractivity contribution is -0.150. The molecule has 0 aliphatic rings. The molecule has 1 amide bonds. The zero-order chi connectivity index (χ0) is 26.6. The van der Waals surface area contributed by atoms with Gasteiger partial charge in [0.2, 0.25) is 5.91 Å². The van der Waals surface area contributed by atoms with Crippen molar-refractivity contribution >= 4 is 17.8 Å². The van der Waals surface area contributed by atoms with Crippen LogP contribution in [0.1, 0.15) is 35.4 Å². The zero-order valence-electron chi connectivity index (χ0n) is 21.0. The first-order valence-corrected chi connectivity index (χ1v) is 12.2. The lowest BCUT2D eigenvalue weighted by Crippen LogP contribution is -2.48. The van der Waals surface area contributed by atoms with Gasteiger partial charge in [-0.15, -0.1) is 0 Å². The molecule has 3 rings (SSSR count). The molecule has 0 radical (unpaired) electrons. The number of ether oxygens (including phenoxy) is 1. The van der Waals surface area contributed by atoms with E-state index in [9.17, 15) is 14.7 Å². The summed E-state index contributed by atoms with van der Waals surface area (Å²) in [5.74, 6) is -1.33. The molecule has 0 unspecified atom stereocenters. The van der Waals surface area contributed by atoms with E-state index in [-0.39, 0.29) is 31.4 Å². The summed E-state index contributed by atoms with van der Waals surface area (Å²) in [6, 6.07) is 25.4. The Morgan fingerprint density at radius 3 is 2.11 bits per heavy atom. The Balaban J connectivity index is 1.97. The number of carbonyl (C=O) groups excluding carboxylic acids is 1. The van der Waals surface area contributed by atoms with Crippen LogP contribution in [0.15, 0.2) is 89.9 Å². The second-order valence-corrected chi connectivity index (χ2v) is 8.69. The van der Waals surface area contributed by atoms with Gasteiger partial charge >= 0.3 is 5.97 Å². The zero-order valence-corrected chi connectivity index (χ0v) is 21.0. The third-order valence-electron chi connectivity index (χ3n) is 6.16. The molecule has 8 nitrogen and oxygen atoms in total. The average molecular weight is 503 g/mol. The largest absolute Gasteiger partial charge is 0.497 e. The number of carboxylic acids is 1. The van der Waals surface area contributed by atoms with Crippen molar-refractivity contribution in [1.82, 2.24) is 4.90 Å². The van der Waals surface area contributed by atoms with Crippen LogP contribution in [0.3, 0.4) is 0 Å². The van der Waals surface area contributed by atoms with Gasteiger partial charge in [-0.25, -0.2) is 4.79 Å². The van der Waals surface area contributed by atoms with E-state index in [0.29, 0.717) is 18.6 Å². The average Bonchev–Trinajstić information content (AvgIpc) is 2.91. The molecule has 0 heterocycles. The monoisotopic (exact) mass is 502 g/mol. The number of nitrogens with two attached hydrogens (primary N) is 2. The van der Waals surface area contributed by atoms with Gasteiger partial charge < -0.3 is 26.2 Å². The molecule has 1 atom stereocenters. The Bertz CT molecular complexity index is 1140. The number of guanidine groups is 1. The summed E-state index contributed by atoms with van der Waals surface area (Å²) in [5.41, 5.74) is 13.4. The maximum absolute atomic E-state index is 14.2. The summed E-state index contributed by atoms with van der Waals surface area (Å²) >= 11 is 0. The number of nitrogens with zero attached hydrogens (tertiary/aromatic N) is 2. The van der Waals surface area contributed by atoms with Crippen LogP contribution in [0.4, 0.5) is 0 Å². The van der Waals surface area contributed by atoms with E-state index in [1.54, 1.807) is 7.11 Å². The maximum atomic E-state index is 14.2. The molecule has 0 aliphatic heterocycles. The molecule has 194 valence electrons. The molecule has 5 N–H and O–H groups in total. The van der Waals surface area contributed by atoms with Crippen LogP contribution >= 0.6 is 0 Å². The SMILES string of the molecule is COc1cccc(CCN(C(=O)C(c2ccccc2)c2ccccc2)[C@@H](CCCN=C(N)N)C(=O)O)c1. The normalized spacial score (nSPS) is 11.5. The molecule has 0 saturated carbocycles. The molecular formula is C29H34N4O4. The van der Waals surface area contributed by atoms with Crippen LogP contribution in [0.25, 0.3) is 0 Å². The number of carboxylic acid groups (broad SMARTS) is 1. The van der Waals surface area contributed by atoms with Crippen LogP contribution in [0.2, 0.25) is 0 Å². The standard InChI is InChI=1S/C29H34N4O4/c1-37-24-15-8-10-21(20-24)17-19-33(25(28(35)36)16-9-18-32-29(30)31)27(34)26(22-11-4-2-5-12-22)23-13-6-3-7-14-23/h2-8,10-15,20,25-26H,9,16-19H2,1H3,(H,35,36)(H4,30,31,32)/t25-/m0/s1. The van der Waals surface area contributed by atoms with Gasteiger partial charge in [0.05, 0.1) is 13.0 Å². The van der Waals surface area contributed by atoms with E-state index in [2.05, 4.69) is 4.99 Å². The first-order chi connectivity index (χ1) is 17.9. The minimum atomic E-state index is -1.07. The first kappa shape index (κ1) is 27.3. The molecule has 0 aliphatic carbocycles. The number of methoxy groups -OCH3 is 1. The number of amides is 1. The Labute approximate surface area is 217 Å². The van der Waals surface area contributed by atoms with Crippen LogP contribution in [0.5, 0.6) is 5.75 Å². The van der Waals surface area contributed by atoms with E-state index in [1.165, 1.54) is 4.90 Å². The van der Waals surface area contributed by atoms with E-state index in [1.807, 2.05) is 84.9 Å². The third kappa shape index (κ3) is 7.83. The topological polar surface area (TPSA) is 131 Å². The van der Waals surface area contributed by atoms with Gasteiger partial charge in [0, 0.05) is 13.1 Å². The fourth-order valence-electron chi connectivity index (χ4n) is 4.34. The highest BCUT2D eigenvalue weighted by atomic mass is 16.5. The summed E-state index contributed by atoms with van der Waals surface area (Å²) in [5, 5.41) is 10.2. The highest BCUT2D eigenvalue weighted by Gasteiger charge is 2.34. The van der Waals surface area contributed by atoms with Crippen molar-refractivity contribution in [2.45, 2.75) is 31.2 Å². The Morgan fingerprint density at radius 2 is 1.57 bits per heavy atom. The number of hydrogen-bond donors (Lipinski definition) is 3. The Kier molecular flexibility index (Phi) is 10.1. The minimum Gasteiger partial charge on any atom is -0.497 e. The van der Waals surface area contributed by atoms with E-state index >= 15 is 0 Å². The van der Waals surface area contributed by atoms with Crippen LogP contribution < -0.4 is 16.2 Å². The van der Waals surface area contributed by atoms with Crippen molar-refractivity contribution in [2.24, 2.45) is 16.5 Å². The van der Waals surface area contributed by atoms with Gasteiger partial charge in [-0.2, -0.15) is 0 Å². The number of aliphatic imine (C=N–C) groups is 1. The van der Waals surface area contributed by atoms with E-state index in [0.717, 1.165) is 16.7 Å². The molecule has 0 saturated heterocycles. The van der Waals surface area contributed by atoms with Crippen molar-refractivity contribution in [3.05, 3.63) is 102 Å². The number of benzene rings is 3. The molecular weight excluding hydrogens is 468 g/mol. The molecule has 0 spiro atoms.